The first-order chi connectivity index (χ1) is 5.72. The average Bonchev–Trinajstić information content (AvgIpc) is 2.05. The Labute approximate surface area is 73.8 Å². The van der Waals surface area contributed by atoms with Crippen molar-refractivity contribution in [2.45, 2.75) is 26.7 Å². The molecule has 3 heteroatoms. The summed E-state index contributed by atoms with van der Waals surface area (Å²) in [5.74, 6) is -0.00102. The van der Waals surface area contributed by atoms with Crippen LogP contribution in [0.25, 0.3) is 0 Å². The minimum atomic E-state index is -0.203. The molecular formula is C9H17NO2. The number of carbonyl (C=O) groups excluding carboxylic acids is 1. The van der Waals surface area contributed by atoms with Crippen LogP contribution >= 0.6 is 0 Å². The van der Waals surface area contributed by atoms with Crippen molar-refractivity contribution in [3.05, 3.63) is 12.3 Å². The first kappa shape index (κ1) is 11.0. The largest absolute Gasteiger partial charge is 0.489 e. The first-order valence-corrected chi connectivity index (χ1v) is 4.32. The molecule has 0 aliphatic carbocycles. The quantitative estimate of drug-likeness (QED) is 0.373. The second-order valence-corrected chi connectivity index (χ2v) is 2.47. The summed E-state index contributed by atoms with van der Waals surface area (Å²) in [6.07, 6.45) is 2.06. The molecule has 0 fully saturated rings. The molecule has 0 aliphatic rings. The molecule has 0 saturated heterocycles. The van der Waals surface area contributed by atoms with Crippen LogP contribution in [0, 0.1) is 0 Å². The van der Waals surface area contributed by atoms with Gasteiger partial charge < -0.3 is 10.1 Å². The molecule has 12 heavy (non-hydrogen) atoms. The monoisotopic (exact) mass is 171 g/mol. The van der Waals surface area contributed by atoms with E-state index in [1.54, 1.807) is 0 Å². The Morgan fingerprint density at radius 1 is 1.50 bits per heavy atom. The Morgan fingerprint density at radius 2 is 2.17 bits per heavy atom. The highest BCUT2D eigenvalue weighted by molar-refractivity contribution is 5.90. The molecule has 1 N–H and O–H groups in total. The Balaban J connectivity index is 3.50. The van der Waals surface area contributed by atoms with Gasteiger partial charge in [-0.25, -0.2) is 0 Å². The summed E-state index contributed by atoms with van der Waals surface area (Å²) < 4.78 is 4.93. The number of amides is 1. The molecule has 0 atom stereocenters. The Morgan fingerprint density at radius 3 is 2.67 bits per heavy atom. The molecule has 0 radical (unpaired) electrons. The van der Waals surface area contributed by atoms with Crippen molar-refractivity contribution in [3.8, 4) is 0 Å². The number of carbonyl (C=O) groups is 1. The Kier molecular flexibility index (Phi) is 6.15. The molecule has 0 bridgehead atoms. The highest BCUT2D eigenvalue weighted by atomic mass is 16.5. The van der Waals surface area contributed by atoms with Gasteiger partial charge in [-0.1, -0.05) is 19.9 Å². The molecule has 0 saturated carbocycles. The normalized spacial score (nSPS) is 9.17. The molecule has 0 heterocycles. The molecule has 3 nitrogen and oxygen atoms in total. The second kappa shape index (κ2) is 6.70. The van der Waals surface area contributed by atoms with Crippen molar-refractivity contribution in [2.24, 2.45) is 0 Å². The topological polar surface area (TPSA) is 38.3 Å². The van der Waals surface area contributed by atoms with Gasteiger partial charge in [-0.15, -0.1) is 0 Å². The van der Waals surface area contributed by atoms with Gasteiger partial charge in [-0.05, 0) is 13.3 Å². The van der Waals surface area contributed by atoms with Crippen LogP contribution in [0.1, 0.15) is 26.7 Å². The summed E-state index contributed by atoms with van der Waals surface area (Å²) in [5, 5.41) is 2.70. The number of rotatable bonds is 6. The van der Waals surface area contributed by atoms with Crippen molar-refractivity contribution < 1.29 is 9.53 Å². The fourth-order valence-corrected chi connectivity index (χ4v) is 0.717. The van der Waals surface area contributed by atoms with E-state index in [-0.39, 0.29) is 11.7 Å². The molecule has 0 aromatic carbocycles. The number of ether oxygens (including phenoxy) is 1. The van der Waals surface area contributed by atoms with Crippen molar-refractivity contribution in [2.75, 3.05) is 13.2 Å². The zero-order valence-corrected chi connectivity index (χ0v) is 7.85. The highest BCUT2D eigenvalue weighted by Gasteiger charge is 2.04. The third kappa shape index (κ3) is 4.77. The van der Waals surface area contributed by atoms with E-state index >= 15 is 0 Å². The lowest BCUT2D eigenvalue weighted by molar-refractivity contribution is -0.120. The third-order valence-electron chi connectivity index (χ3n) is 1.39. The first-order valence-electron chi connectivity index (χ1n) is 4.32. The predicted octanol–water partition coefficient (Wildman–Crippen LogP) is 1.45. The third-order valence-corrected chi connectivity index (χ3v) is 1.39. The van der Waals surface area contributed by atoms with Gasteiger partial charge in [0.15, 0.2) is 5.76 Å². The van der Waals surface area contributed by atoms with Gasteiger partial charge >= 0.3 is 0 Å². The van der Waals surface area contributed by atoms with Gasteiger partial charge in [0.05, 0.1) is 6.61 Å². The van der Waals surface area contributed by atoms with E-state index in [0.29, 0.717) is 13.2 Å². The maximum atomic E-state index is 11.1. The van der Waals surface area contributed by atoms with E-state index in [1.807, 2.05) is 6.92 Å². The average molecular weight is 171 g/mol. The van der Waals surface area contributed by atoms with Crippen LogP contribution < -0.4 is 5.32 Å². The summed E-state index contributed by atoms with van der Waals surface area (Å²) in [7, 11) is 0. The SMILES string of the molecule is C=C(OCC)C(=O)NCCCC. The zero-order chi connectivity index (χ0) is 9.40. The molecule has 0 aliphatic heterocycles. The minimum Gasteiger partial charge on any atom is -0.489 e. The van der Waals surface area contributed by atoms with Crippen molar-refractivity contribution >= 4 is 5.91 Å². The smallest absolute Gasteiger partial charge is 0.285 e. The number of hydrogen-bond acceptors (Lipinski definition) is 2. The molecular weight excluding hydrogens is 154 g/mol. The highest BCUT2D eigenvalue weighted by Crippen LogP contribution is 1.92. The lowest BCUT2D eigenvalue weighted by Crippen LogP contribution is -2.26. The van der Waals surface area contributed by atoms with Gasteiger partial charge in [0.2, 0.25) is 0 Å². The summed E-state index contributed by atoms with van der Waals surface area (Å²) in [6, 6.07) is 0. The fourth-order valence-electron chi connectivity index (χ4n) is 0.717. The van der Waals surface area contributed by atoms with Crippen molar-refractivity contribution in [1.82, 2.24) is 5.32 Å². The van der Waals surface area contributed by atoms with E-state index in [9.17, 15) is 4.79 Å². The Hall–Kier alpha value is -0.990. The van der Waals surface area contributed by atoms with E-state index in [4.69, 9.17) is 4.74 Å². The van der Waals surface area contributed by atoms with Crippen LogP contribution in [-0.4, -0.2) is 19.1 Å². The molecule has 70 valence electrons. The van der Waals surface area contributed by atoms with Gasteiger partial charge in [-0.2, -0.15) is 0 Å². The predicted molar refractivity (Wildman–Crippen MR) is 48.7 cm³/mol. The molecule has 0 spiro atoms. The molecule has 0 aromatic heterocycles. The molecule has 1 amide bonds. The van der Waals surface area contributed by atoms with Gasteiger partial charge in [0.1, 0.15) is 0 Å². The second-order valence-electron chi connectivity index (χ2n) is 2.47. The number of unbranched alkanes of at least 4 members (excludes halogenated alkanes) is 1. The molecule has 0 aromatic rings. The molecule has 0 unspecified atom stereocenters. The summed E-state index contributed by atoms with van der Waals surface area (Å²) in [4.78, 5) is 11.1. The van der Waals surface area contributed by atoms with Gasteiger partial charge in [0, 0.05) is 6.54 Å². The lowest BCUT2D eigenvalue weighted by atomic mass is 10.3. The van der Waals surface area contributed by atoms with Crippen LogP contribution in [0.2, 0.25) is 0 Å². The standard InChI is InChI=1S/C9H17NO2/c1-4-6-7-10-9(11)8(3)12-5-2/h3-7H2,1-2H3,(H,10,11). The lowest BCUT2D eigenvalue weighted by Gasteiger charge is -2.06. The van der Waals surface area contributed by atoms with Crippen LogP contribution in [0.3, 0.4) is 0 Å². The van der Waals surface area contributed by atoms with Crippen LogP contribution in [0.5, 0.6) is 0 Å². The van der Waals surface area contributed by atoms with E-state index in [2.05, 4.69) is 18.8 Å². The van der Waals surface area contributed by atoms with E-state index in [0.717, 1.165) is 12.8 Å². The summed E-state index contributed by atoms with van der Waals surface area (Å²) in [6.45, 7) is 8.57. The molecule has 0 rings (SSSR count). The van der Waals surface area contributed by atoms with Crippen LogP contribution in [-0.2, 0) is 9.53 Å². The number of hydrogen-bond donors (Lipinski definition) is 1. The summed E-state index contributed by atoms with van der Waals surface area (Å²) in [5.41, 5.74) is 0. The fraction of sp³-hybridized carbons (Fsp3) is 0.667. The maximum Gasteiger partial charge on any atom is 0.285 e. The van der Waals surface area contributed by atoms with Crippen molar-refractivity contribution in [1.29, 1.82) is 0 Å². The van der Waals surface area contributed by atoms with Crippen molar-refractivity contribution in [3.63, 3.8) is 0 Å². The van der Waals surface area contributed by atoms with E-state index < -0.39 is 0 Å². The van der Waals surface area contributed by atoms with Crippen LogP contribution in [0.15, 0.2) is 12.3 Å². The Bertz CT molecular complexity index is 155. The maximum absolute atomic E-state index is 11.1. The van der Waals surface area contributed by atoms with E-state index in [1.165, 1.54) is 0 Å². The minimum absolute atomic E-state index is 0.202. The van der Waals surface area contributed by atoms with Gasteiger partial charge in [0.25, 0.3) is 5.91 Å². The van der Waals surface area contributed by atoms with Crippen LogP contribution in [0.4, 0.5) is 0 Å². The zero-order valence-electron chi connectivity index (χ0n) is 7.85. The number of nitrogens with one attached hydrogen (secondary N) is 1. The van der Waals surface area contributed by atoms with Gasteiger partial charge in [-0.3, -0.25) is 4.79 Å². The summed E-state index contributed by atoms with van der Waals surface area (Å²) >= 11 is 0.